The fourth-order valence-corrected chi connectivity index (χ4v) is 3.57. The van der Waals surface area contributed by atoms with E-state index in [4.69, 9.17) is 4.42 Å². The van der Waals surface area contributed by atoms with Gasteiger partial charge < -0.3 is 4.42 Å². The van der Waals surface area contributed by atoms with E-state index < -0.39 is 0 Å². The third-order valence-corrected chi connectivity index (χ3v) is 5.13. The van der Waals surface area contributed by atoms with Gasteiger partial charge in [-0.3, -0.25) is 0 Å². The smallest absolute Gasteiger partial charge is 0.138 e. The van der Waals surface area contributed by atoms with Gasteiger partial charge in [0.15, 0.2) is 0 Å². The van der Waals surface area contributed by atoms with Gasteiger partial charge in [0.05, 0.1) is 0 Å². The molecule has 4 rings (SSSR count). The van der Waals surface area contributed by atoms with Crippen molar-refractivity contribution in [3.63, 3.8) is 0 Å². The maximum Gasteiger partial charge on any atom is 0.138 e. The van der Waals surface area contributed by atoms with Crippen molar-refractivity contribution in [1.82, 2.24) is 0 Å². The summed E-state index contributed by atoms with van der Waals surface area (Å²) < 4.78 is 6.13. The lowest BCUT2D eigenvalue weighted by atomic mass is 10.0. The molecule has 0 amide bonds. The molecule has 0 radical (unpaired) electrons. The molecule has 0 spiro atoms. The van der Waals surface area contributed by atoms with E-state index in [1.807, 2.05) is 12.1 Å². The maximum atomic E-state index is 6.13. The molecule has 0 bridgehead atoms. The molecule has 0 atom stereocenters. The summed E-state index contributed by atoms with van der Waals surface area (Å²) in [7, 11) is 0. The largest absolute Gasteiger partial charge is 0.456 e. The predicted octanol–water partition coefficient (Wildman–Crippen LogP) is 7.35. The summed E-state index contributed by atoms with van der Waals surface area (Å²) in [5.74, 6) is 0. The van der Waals surface area contributed by atoms with Gasteiger partial charge >= 0.3 is 0 Å². The zero-order chi connectivity index (χ0) is 18.6. The number of furan rings is 1. The summed E-state index contributed by atoms with van der Waals surface area (Å²) in [6.07, 6.45) is 8.52. The molecule has 0 unspecified atom stereocenters. The first kappa shape index (κ1) is 17.4. The summed E-state index contributed by atoms with van der Waals surface area (Å²) >= 11 is 0. The molecule has 0 N–H and O–H groups in total. The minimum absolute atomic E-state index is 0.849. The van der Waals surface area contributed by atoms with Crippen LogP contribution in [0.25, 0.3) is 27.5 Å². The molecule has 3 aromatic carbocycles. The molecule has 0 aliphatic heterocycles. The number of benzene rings is 3. The predicted molar refractivity (Wildman–Crippen MR) is 116 cm³/mol. The lowest BCUT2D eigenvalue weighted by Crippen LogP contribution is -1.85. The second kappa shape index (κ2) is 7.67. The van der Waals surface area contributed by atoms with Gasteiger partial charge in [-0.05, 0) is 48.1 Å². The highest BCUT2D eigenvalue weighted by Crippen LogP contribution is 2.31. The van der Waals surface area contributed by atoms with Gasteiger partial charge in [-0.25, -0.2) is 0 Å². The Labute approximate surface area is 160 Å². The van der Waals surface area contributed by atoms with Crippen LogP contribution in [0.3, 0.4) is 0 Å². The van der Waals surface area contributed by atoms with Gasteiger partial charge in [0, 0.05) is 10.8 Å². The second-order valence-electron chi connectivity index (χ2n) is 6.79. The Morgan fingerprint density at radius 2 is 1.67 bits per heavy atom. The molecule has 0 fully saturated rings. The van der Waals surface area contributed by atoms with E-state index in [1.165, 1.54) is 33.0 Å². The van der Waals surface area contributed by atoms with Crippen LogP contribution in [0.4, 0.5) is 0 Å². The number of rotatable bonds is 5. The SMILES string of the molecule is C/C=C(\C=C/Cc1cccc2c1oc1ccccc12)c1ccc(CC)cc1. The van der Waals surface area contributed by atoms with Gasteiger partial charge in [0.25, 0.3) is 0 Å². The van der Waals surface area contributed by atoms with Gasteiger partial charge in [-0.15, -0.1) is 0 Å². The first-order valence-corrected chi connectivity index (χ1v) is 9.61. The van der Waals surface area contributed by atoms with Crippen molar-refractivity contribution >= 4 is 27.5 Å². The van der Waals surface area contributed by atoms with Crippen molar-refractivity contribution in [2.24, 2.45) is 0 Å². The van der Waals surface area contributed by atoms with Crippen molar-refractivity contribution in [2.45, 2.75) is 26.7 Å². The van der Waals surface area contributed by atoms with Crippen LogP contribution in [0.5, 0.6) is 0 Å². The molecule has 1 heterocycles. The minimum atomic E-state index is 0.849. The van der Waals surface area contributed by atoms with Crippen molar-refractivity contribution in [3.05, 3.63) is 102 Å². The van der Waals surface area contributed by atoms with Gasteiger partial charge in [-0.2, -0.15) is 0 Å². The average Bonchev–Trinajstić information content (AvgIpc) is 3.11. The zero-order valence-electron chi connectivity index (χ0n) is 15.9. The van der Waals surface area contributed by atoms with E-state index in [-0.39, 0.29) is 0 Å². The first-order chi connectivity index (χ1) is 13.3. The van der Waals surface area contributed by atoms with Crippen molar-refractivity contribution in [2.75, 3.05) is 0 Å². The lowest BCUT2D eigenvalue weighted by molar-refractivity contribution is 0.664. The van der Waals surface area contributed by atoms with Crippen LogP contribution >= 0.6 is 0 Å². The molecule has 0 aliphatic rings. The third-order valence-electron chi connectivity index (χ3n) is 5.13. The fraction of sp³-hybridized carbons (Fsp3) is 0.154. The number of fused-ring (bicyclic) bond motifs is 3. The first-order valence-electron chi connectivity index (χ1n) is 9.61. The molecule has 1 aromatic heterocycles. The number of hydrogen-bond acceptors (Lipinski definition) is 1. The summed E-state index contributed by atoms with van der Waals surface area (Å²) in [4.78, 5) is 0. The van der Waals surface area contributed by atoms with Crippen LogP contribution in [-0.4, -0.2) is 0 Å². The number of para-hydroxylation sites is 2. The molecule has 0 saturated carbocycles. The van der Waals surface area contributed by atoms with Gasteiger partial charge in [0.2, 0.25) is 0 Å². The highest BCUT2D eigenvalue weighted by molar-refractivity contribution is 6.05. The maximum absolute atomic E-state index is 6.13. The van der Waals surface area contributed by atoms with E-state index >= 15 is 0 Å². The minimum Gasteiger partial charge on any atom is -0.456 e. The van der Waals surface area contributed by atoms with Crippen molar-refractivity contribution in [3.8, 4) is 0 Å². The number of hydrogen-bond donors (Lipinski definition) is 0. The average molecular weight is 352 g/mol. The Morgan fingerprint density at radius 1 is 0.889 bits per heavy atom. The van der Waals surface area contributed by atoms with Crippen LogP contribution in [0.1, 0.15) is 30.5 Å². The second-order valence-corrected chi connectivity index (χ2v) is 6.79. The summed E-state index contributed by atoms with van der Waals surface area (Å²) in [6.45, 7) is 4.28. The van der Waals surface area contributed by atoms with E-state index in [0.29, 0.717) is 0 Å². The normalized spacial score (nSPS) is 12.4. The molecule has 1 heteroatoms. The monoisotopic (exact) mass is 352 g/mol. The standard InChI is InChI=1S/C26H24O/c1-3-19-15-17-21(18-16-19)20(4-2)9-7-10-22-11-8-13-24-23-12-5-6-14-25(23)27-26(22)24/h4-9,11-18H,3,10H2,1-2H3/b9-7-,20-4+. The third kappa shape index (κ3) is 3.46. The number of allylic oxidation sites excluding steroid dienone is 4. The summed E-state index contributed by atoms with van der Waals surface area (Å²) in [5.41, 5.74) is 7.04. The van der Waals surface area contributed by atoms with E-state index in [9.17, 15) is 0 Å². The molecule has 134 valence electrons. The van der Waals surface area contributed by atoms with Crippen LogP contribution in [-0.2, 0) is 12.8 Å². The topological polar surface area (TPSA) is 13.1 Å². The Morgan fingerprint density at radius 3 is 2.44 bits per heavy atom. The Kier molecular flexibility index (Phi) is 4.93. The Balaban J connectivity index is 1.60. The number of aryl methyl sites for hydroxylation is 1. The van der Waals surface area contributed by atoms with Crippen LogP contribution in [0, 0.1) is 0 Å². The molecular formula is C26H24O. The Bertz CT molecular complexity index is 1120. The highest BCUT2D eigenvalue weighted by Gasteiger charge is 2.09. The van der Waals surface area contributed by atoms with Crippen LogP contribution in [0.2, 0.25) is 0 Å². The molecule has 4 aromatic rings. The summed E-state index contributed by atoms with van der Waals surface area (Å²) in [6, 6.07) is 23.5. The molecule has 27 heavy (non-hydrogen) atoms. The summed E-state index contributed by atoms with van der Waals surface area (Å²) in [5, 5.41) is 2.38. The van der Waals surface area contributed by atoms with Crippen LogP contribution in [0.15, 0.2) is 89.4 Å². The van der Waals surface area contributed by atoms with Crippen LogP contribution < -0.4 is 0 Å². The highest BCUT2D eigenvalue weighted by atomic mass is 16.3. The zero-order valence-corrected chi connectivity index (χ0v) is 15.9. The van der Waals surface area contributed by atoms with Gasteiger partial charge in [0.1, 0.15) is 11.2 Å². The van der Waals surface area contributed by atoms with Crippen molar-refractivity contribution in [1.29, 1.82) is 0 Å². The quantitative estimate of drug-likeness (QED) is 0.342. The van der Waals surface area contributed by atoms with Crippen molar-refractivity contribution < 1.29 is 4.42 Å². The van der Waals surface area contributed by atoms with E-state index in [1.54, 1.807) is 0 Å². The molecule has 0 saturated heterocycles. The van der Waals surface area contributed by atoms with E-state index in [0.717, 1.165) is 24.0 Å². The van der Waals surface area contributed by atoms with E-state index in [2.05, 4.69) is 86.7 Å². The lowest BCUT2D eigenvalue weighted by Gasteiger charge is -2.04. The Hall–Kier alpha value is -3.06. The molecular weight excluding hydrogens is 328 g/mol. The van der Waals surface area contributed by atoms with Gasteiger partial charge in [-0.1, -0.05) is 85.8 Å². The molecule has 1 nitrogen and oxygen atoms in total. The fourth-order valence-electron chi connectivity index (χ4n) is 3.57. The molecule has 0 aliphatic carbocycles.